The predicted octanol–water partition coefficient (Wildman–Crippen LogP) is 3.18. The highest BCUT2D eigenvalue weighted by Gasteiger charge is 2.25. The summed E-state index contributed by atoms with van der Waals surface area (Å²) in [7, 11) is 0. The van der Waals surface area contributed by atoms with E-state index in [-0.39, 0.29) is 5.41 Å². The van der Waals surface area contributed by atoms with Crippen molar-refractivity contribution in [3.05, 3.63) is 42.2 Å². The van der Waals surface area contributed by atoms with Gasteiger partial charge in [-0.1, -0.05) is 51.1 Å². The van der Waals surface area contributed by atoms with E-state index >= 15 is 0 Å². The van der Waals surface area contributed by atoms with Gasteiger partial charge in [0.05, 0.1) is 17.6 Å². The molecule has 1 N–H and O–H groups in total. The average molecular weight is 286 g/mol. The standard InChI is InChI=1S/C17H26N4/c1-14(2)12-18-11-10-17(3,4)16-13-19-20-21(16)15-8-6-5-7-9-15/h5-9,13-14,18H,10-12H2,1-4H3. The lowest BCUT2D eigenvalue weighted by atomic mass is 9.85. The quantitative estimate of drug-likeness (QED) is 0.795. The second kappa shape index (κ2) is 6.85. The van der Waals surface area contributed by atoms with E-state index in [2.05, 4.69) is 55.5 Å². The van der Waals surface area contributed by atoms with E-state index < -0.39 is 0 Å². The maximum atomic E-state index is 4.26. The molecule has 4 heteroatoms. The van der Waals surface area contributed by atoms with E-state index in [0.717, 1.165) is 30.9 Å². The van der Waals surface area contributed by atoms with Gasteiger partial charge in [0, 0.05) is 5.41 Å². The largest absolute Gasteiger partial charge is 0.316 e. The molecule has 4 nitrogen and oxygen atoms in total. The third-order valence-electron chi connectivity index (χ3n) is 3.72. The van der Waals surface area contributed by atoms with Crippen LogP contribution >= 0.6 is 0 Å². The van der Waals surface area contributed by atoms with Crippen LogP contribution in [0, 0.1) is 5.92 Å². The molecule has 114 valence electrons. The molecule has 0 saturated carbocycles. The SMILES string of the molecule is CC(C)CNCCC(C)(C)c1cnnn1-c1ccccc1. The molecule has 2 rings (SSSR count). The first-order valence-corrected chi connectivity index (χ1v) is 7.68. The molecule has 21 heavy (non-hydrogen) atoms. The number of nitrogens with zero attached hydrogens (tertiary/aromatic N) is 3. The summed E-state index contributed by atoms with van der Waals surface area (Å²) in [6.45, 7) is 11.0. The van der Waals surface area contributed by atoms with Crippen molar-refractivity contribution in [2.75, 3.05) is 13.1 Å². The van der Waals surface area contributed by atoms with Gasteiger partial charge in [-0.05, 0) is 37.6 Å². The van der Waals surface area contributed by atoms with Crippen molar-refractivity contribution in [1.82, 2.24) is 20.3 Å². The Kier molecular flexibility index (Phi) is 5.12. The number of benzene rings is 1. The minimum Gasteiger partial charge on any atom is -0.316 e. The minimum atomic E-state index is 0.0311. The zero-order valence-corrected chi connectivity index (χ0v) is 13.5. The molecule has 0 atom stereocenters. The van der Waals surface area contributed by atoms with Crippen LogP contribution in [0.5, 0.6) is 0 Å². The van der Waals surface area contributed by atoms with Gasteiger partial charge in [-0.2, -0.15) is 0 Å². The summed E-state index contributed by atoms with van der Waals surface area (Å²) in [6.07, 6.45) is 2.94. The number of nitrogens with one attached hydrogen (secondary N) is 1. The topological polar surface area (TPSA) is 42.7 Å². The molecule has 2 aromatic rings. The monoisotopic (exact) mass is 286 g/mol. The second-order valence-corrected chi connectivity index (χ2v) is 6.60. The van der Waals surface area contributed by atoms with Gasteiger partial charge in [0.2, 0.25) is 0 Å². The van der Waals surface area contributed by atoms with E-state index in [1.807, 2.05) is 29.1 Å². The van der Waals surface area contributed by atoms with Crippen LogP contribution in [0.2, 0.25) is 0 Å². The summed E-state index contributed by atoms with van der Waals surface area (Å²) in [5, 5.41) is 11.9. The lowest BCUT2D eigenvalue weighted by Gasteiger charge is -2.25. The van der Waals surface area contributed by atoms with Gasteiger partial charge in [0.1, 0.15) is 0 Å². The van der Waals surface area contributed by atoms with Crippen LogP contribution in [0.3, 0.4) is 0 Å². The van der Waals surface area contributed by atoms with E-state index in [4.69, 9.17) is 0 Å². The summed E-state index contributed by atoms with van der Waals surface area (Å²) in [4.78, 5) is 0. The van der Waals surface area contributed by atoms with Crippen molar-refractivity contribution in [1.29, 1.82) is 0 Å². The van der Waals surface area contributed by atoms with E-state index in [9.17, 15) is 0 Å². The molecule has 0 fully saturated rings. The van der Waals surface area contributed by atoms with Crippen molar-refractivity contribution in [2.24, 2.45) is 5.92 Å². The molecule has 0 saturated heterocycles. The highest BCUT2D eigenvalue weighted by molar-refractivity contribution is 5.33. The molecule has 0 spiro atoms. The Morgan fingerprint density at radius 2 is 1.90 bits per heavy atom. The van der Waals surface area contributed by atoms with Gasteiger partial charge in [0.15, 0.2) is 0 Å². The van der Waals surface area contributed by atoms with Crippen LogP contribution in [0.1, 0.15) is 39.8 Å². The van der Waals surface area contributed by atoms with E-state index in [1.165, 1.54) is 0 Å². The highest BCUT2D eigenvalue weighted by Crippen LogP contribution is 2.27. The zero-order valence-electron chi connectivity index (χ0n) is 13.5. The summed E-state index contributed by atoms with van der Waals surface area (Å²) < 4.78 is 1.95. The highest BCUT2D eigenvalue weighted by atomic mass is 15.4. The van der Waals surface area contributed by atoms with Gasteiger partial charge in [-0.15, -0.1) is 5.10 Å². The summed E-state index contributed by atoms with van der Waals surface area (Å²) >= 11 is 0. The Bertz CT molecular complexity index is 543. The smallest absolute Gasteiger partial charge is 0.0735 e. The minimum absolute atomic E-state index is 0.0311. The lowest BCUT2D eigenvalue weighted by Crippen LogP contribution is -2.29. The van der Waals surface area contributed by atoms with Gasteiger partial charge in [0.25, 0.3) is 0 Å². The van der Waals surface area contributed by atoms with Gasteiger partial charge in [-0.25, -0.2) is 4.68 Å². The molecular formula is C17H26N4. The van der Waals surface area contributed by atoms with E-state index in [0.29, 0.717) is 5.92 Å². The summed E-state index contributed by atoms with van der Waals surface area (Å²) in [6, 6.07) is 10.2. The second-order valence-electron chi connectivity index (χ2n) is 6.60. The van der Waals surface area contributed by atoms with Crippen LogP contribution in [0.4, 0.5) is 0 Å². The summed E-state index contributed by atoms with van der Waals surface area (Å²) in [5.74, 6) is 0.685. The van der Waals surface area contributed by atoms with Crippen LogP contribution in [0.15, 0.2) is 36.5 Å². The molecule has 0 aliphatic carbocycles. The number of hydrogen-bond donors (Lipinski definition) is 1. The fourth-order valence-electron chi connectivity index (χ4n) is 2.38. The molecule has 1 aromatic heterocycles. The Morgan fingerprint density at radius 1 is 1.19 bits per heavy atom. The predicted molar refractivity (Wildman–Crippen MR) is 86.7 cm³/mol. The fourth-order valence-corrected chi connectivity index (χ4v) is 2.38. The first-order chi connectivity index (χ1) is 10.0. The van der Waals surface area contributed by atoms with Crippen LogP contribution in [-0.2, 0) is 5.41 Å². The normalized spacial score (nSPS) is 12.0. The molecule has 0 bridgehead atoms. The number of para-hydroxylation sites is 1. The Hall–Kier alpha value is -1.68. The molecule has 1 heterocycles. The van der Waals surface area contributed by atoms with Gasteiger partial charge < -0.3 is 5.32 Å². The van der Waals surface area contributed by atoms with Crippen molar-refractivity contribution in [3.63, 3.8) is 0 Å². The van der Waals surface area contributed by atoms with Crippen molar-refractivity contribution < 1.29 is 0 Å². The summed E-state index contributed by atoms with van der Waals surface area (Å²) in [5.41, 5.74) is 2.25. The number of hydrogen-bond acceptors (Lipinski definition) is 3. The first kappa shape index (κ1) is 15.7. The van der Waals surface area contributed by atoms with E-state index in [1.54, 1.807) is 0 Å². The fraction of sp³-hybridized carbons (Fsp3) is 0.529. The molecule has 0 unspecified atom stereocenters. The lowest BCUT2D eigenvalue weighted by molar-refractivity contribution is 0.424. The molecule has 0 aliphatic heterocycles. The molecular weight excluding hydrogens is 260 g/mol. The Balaban J connectivity index is 2.09. The Morgan fingerprint density at radius 3 is 2.57 bits per heavy atom. The third-order valence-corrected chi connectivity index (χ3v) is 3.72. The van der Waals surface area contributed by atoms with Crippen molar-refractivity contribution in [2.45, 2.75) is 39.5 Å². The van der Waals surface area contributed by atoms with Crippen LogP contribution < -0.4 is 5.32 Å². The van der Waals surface area contributed by atoms with Crippen LogP contribution in [-0.4, -0.2) is 28.1 Å². The molecule has 0 radical (unpaired) electrons. The Labute approximate surface area is 127 Å². The zero-order chi connectivity index (χ0) is 15.3. The van der Waals surface area contributed by atoms with Crippen LogP contribution in [0.25, 0.3) is 5.69 Å². The van der Waals surface area contributed by atoms with Crippen molar-refractivity contribution in [3.8, 4) is 5.69 Å². The third kappa shape index (κ3) is 4.14. The van der Waals surface area contributed by atoms with Gasteiger partial charge in [-0.3, -0.25) is 0 Å². The number of rotatable bonds is 7. The molecule has 0 aliphatic rings. The average Bonchev–Trinajstić information content (AvgIpc) is 2.95. The molecule has 1 aromatic carbocycles. The maximum absolute atomic E-state index is 4.26. The van der Waals surface area contributed by atoms with Gasteiger partial charge >= 0.3 is 0 Å². The first-order valence-electron chi connectivity index (χ1n) is 7.68. The number of aromatic nitrogens is 3. The molecule has 0 amide bonds. The van der Waals surface area contributed by atoms with Crippen molar-refractivity contribution >= 4 is 0 Å². The maximum Gasteiger partial charge on any atom is 0.0735 e.